The van der Waals surface area contributed by atoms with Crippen LogP contribution in [0.2, 0.25) is 0 Å². The van der Waals surface area contributed by atoms with E-state index >= 15 is 0 Å². The molecule has 0 saturated heterocycles. The molecule has 0 bridgehead atoms. The van der Waals surface area contributed by atoms with Gasteiger partial charge in [-0.3, -0.25) is 0 Å². The molecule has 1 aliphatic rings. The molecule has 2 aromatic rings. The highest BCUT2D eigenvalue weighted by molar-refractivity contribution is 9.10. The Morgan fingerprint density at radius 1 is 1.44 bits per heavy atom. The Hall–Kier alpha value is -0.780. The van der Waals surface area contributed by atoms with Crippen molar-refractivity contribution in [2.24, 2.45) is 5.73 Å². The molecule has 94 valence electrons. The highest BCUT2D eigenvalue weighted by atomic mass is 79.9. The maximum Gasteiger partial charge on any atom is 0.134 e. The summed E-state index contributed by atoms with van der Waals surface area (Å²) in [5.41, 5.74) is 7.38. The first-order valence-corrected chi connectivity index (χ1v) is 7.45. The number of nitrogens with zero attached hydrogens (tertiary/aromatic N) is 1. The second kappa shape index (κ2) is 4.72. The Balaban J connectivity index is 2.05. The minimum Gasteiger partial charge on any atom is -0.326 e. The van der Waals surface area contributed by atoms with Gasteiger partial charge >= 0.3 is 0 Å². The summed E-state index contributed by atoms with van der Waals surface area (Å²) >= 11 is 4.77. The number of hydrogen-bond donors (Lipinski definition) is 1. The van der Waals surface area contributed by atoms with Gasteiger partial charge in [0.25, 0.3) is 0 Å². The van der Waals surface area contributed by atoms with E-state index in [1.54, 1.807) is 6.07 Å². The lowest BCUT2D eigenvalue weighted by molar-refractivity contribution is 0.630. The highest BCUT2D eigenvalue weighted by Crippen LogP contribution is 2.44. The Bertz CT molecular complexity index is 593. The van der Waals surface area contributed by atoms with Gasteiger partial charge < -0.3 is 5.73 Å². The van der Waals surface area contributed by atoms with E-state index in [0.29, 0.717) is 18.0 Å². The van der Waals surface area contributed by atoms with Crippen LogP contribution in [0.15, 0.2) is 22.7 Å². The fourth-order valence-corrected chi connectivity index (χ4v) is 3.35. The van der Waals surface area contributed by atoms with Crippen LogP contribution in [0.4, 0.5) is 4.39 Å². The molecular weight excluding hydrogens is 315 g/mol. The van der Waals surface area contributed by atoms with Crippen LogP contribution in [0.1, 0.15) is 29.3 Å². The first-order valence-electron chi connectivity index (χ1n) is 5.84. The summed E-state index contributed by atoms with van der Waals surface area (Å²) in [5.74, 6) is 0.302. The third kappa shape index (κ3) is 2.22. The van der Waals surface area contributed by atoms with Gasteiger partial charge in [-0.05, 0) is 31.0 Å². The smallest absolute Gasteiger partial charge is 0.134 e. The van der Waals surface area contributed by atoms with E-state index in [9.17, 15) is 4.39 Å². The number of nitrogens with two attached hydrogens (primary N) is 1. The molecule has 0 amide bonds. The van der Waals surface area contributed by atoms with Crippen LogP contribution in [-0.4, -0.2) is 4.98 Å². The van der Waals surface area contributed by atoms with Crippen LogP contribution >= 0.6 is 27.3 Å². The van der Waals surface area contributed by atoms with Crippen molar-refractivity contribution in [1.29, 1.82) is 0 Å². The van der Waals surface area contributed by atoms with E-state index in [1.807, 2.05) is 6.07 Å². The van der Waals surface area contributed by atoms with Crippen molar-refractivity contribution in [3.63, 3.8) is 0 Å². The largest absolute Gasteiger partial charge is 0.326 e. The number of benzene rings is 1. The molecule has 0 aliphatic heterocycles. The molecule has 5 heteroatoms. The zero-order valence-corrected chi connectivity index (χ0v) is 12.0. The van der Waals surface area contributed by atoms with Gasteiger partial charge in [-0.25, -0.2) is 9.37 Å². The summed E-state index contributed by atoms with van der Waals surface area (Å²) in [7, 11) is 0. The van der Waals surface area contributed by atoms with E-state index in [-0.39, 0.29) is 5.82 Å². The summed E-state index contributed by atoms with van der Waals surface area (Å²) in [6, 6.07) is 5.06. The average Bonchev–Trinajstić information content (AvgIpc) is 3.10. The molecule has 3 rings (SSSR count). The average molecular weight is 327 g/mol. The first-order chi connectivity index (χ1) is 8.69. The Labute approximate surface area is 117 Å². The van der Waals surface area contributed by atoms with Crippen molar-refractivity contribution in [2.45, 2.75) is 25.3 Å². The second-order valence-electron chi connectivity index (χ2n) is 4.43. The van der Waals surface area contributed by atoms with Gasteiger partial charge in [0.15, 0.2) is 0 Å². The quantitative estimate of drug-likeness (QED) is 0.924. The molecule has 0 unspecified atom stereocenters. The van der Waals surface area contributed by atoms with Crippen LogP contribution < -0.4 is 5.73 Å². The Morgan fingerprint density at radius 2 is 2.22 bits per heavy atom. The normalized spacial score (nSPS) is 15.1. The standard InChI is InChI=1S/C13H12BrFN2S/c14-8-3-4-9(10(15)5-8)13-17-12(7-1-2-7)11(6-16)18-13/h3-5,7H,1-2,6,16H2. The molecule has 1 aliphatic carbocycles. The van der Waals surface area contributed by atoms with Crippen LogP contribution in [0.25, 0.3) is 10.6 Å². The van der Waals surface area contributed by atoms with Gasteiger partial charge in [0.05, 0.1) is 5.69 Å². The lowest BCUT2D eigenvalue weighted by Gasteiger charge is -1.99. The fraction of sp³-hybridized carbons (Fsp3) is 0.308. The third-order valence-corrected chi connectivity index (χ3v) is 4.66. The third-order valence-electron chi connectivity index (χ3n) is 3.04. The minimum absolute atomic E-state index is 0.246. The highest BCUT2D eigenvalue weighted by Gasteiger charge is 2.29. The zero-order chi connectivity index (χ0) is 12.7. The van der Waals surface area contributed by atoms with Crippen LogP contribution in [0.5, 0.6) is 0 Å². The molecule has 1 heterocycles. The van der Waals surface area contributed by atoms with Gasteiger partial charge in [0, 0.05) is 27.4 Å². The van der Waals surface area contributed by atoms with Crippen molar-refractivity contribution in [3.8, 4) is 10.6 Å². The van der Waals surface area contributed by atoms with Crippen molar-refractivity contribution >= 4 is 27.3 Å². The van der Waals surface area contributed by atoms with Gasteiger partial charge in [-0.15, -0.1) is 11.3 Å². The summed E-state index contributed by atoms with van der Waals surface area (Å²) in [5, 5.41) is 0.738. The lowest BCUT2D eigenvalue weighted by Crippen LogP contribution is -1.96. The number of hydrogen-bond acceptors (Lipinski definition) is 3. The SMILES string of the molecule is NCc1sc(-c2ccc(Br)cc2F)nc1C1CC1. The molecule has 0 atom stereocenters. The lowest BCUT2D eigenvalue weighted by atomic mass is 10.2. The van der Waals surface area contributed by atoms with Crippen molar-refractivity contribution in [1.82, 2.24) is 4.98 Å². The van der Waals surface area contributed by atoms with E-state index in [1.165, 1.54) is 30.2 Å². The maximum atomic E-state index is 13.9. The Kier molecular flexibility index (Phi) is 3.21. The fourth-order valence-electron chi connectivity index (χ4n) is 1.96. The summed E-state index contributed by atoms with van der Waals surface area (Å²) < 4.78 is 14.6. The van der Waals surface area contributed by atoms with Crippen LogP contribution in [-0.2, 0) is 6.54 Å². The number of thiazole rings is 1. The van der Waals surface area contributed by atoms with Gasteiger partial charge in [0.1, 0.15) is 10.8 Å². The summed E-state index contributed by atoms with van der Waals surface area (Å²) in [4.78, 5) is 5.68. The molecular formula is C13H12BrFN2S. The maximum absolute atomic E-state index is 13.9. The predicted octanol–water partition coefficient (Wildman–Crippen LogP) is 4.05. The van der Waals surface area contributed by atoms with Crippen molar-refractivity contribution in [2.75, 3.05) is 0 Å². The minimum atomic E-state index is -0.246. The van der Waals surface area contributed by atoms with Crippen molar-refractivity contribution < 1.29 is 4.39 Å². The monoisotopic (exact) mass is 326 g/mol. The topological polar surface area (TPSA) is 38.9 Å². The Morgan fingerprint density at radius 3 is 2.83 bits per heavy atom. The molecule has 1 saturated carbocycles. The molecule has 1 aromatic carbocycles. The van der Waals surface area contributed by atoms with Crippen LogP contribution in [0, 0.1) is 5.82 Å². The molecule has 0 spiro atoms. The summed E-state index contributed by atoms with van der Waals surface area (Å²) in [6.45, 7) is 0.488. The van der Waals surface area contributed by atoms with Gasteiger partial charge in [0.2, 0.25) is 0 Å². The second-order valence-corrected chi connectivity index (χ2v) is 6.43. The molecule has 0 radical (unpaired) electrons. The molecule has 1 fully saturated rings. The van der Waals surface area contributed by atoms with E-state index < -0.39 is 0 Å². The van der Waals surface area contributed by atoms with Crippen LogP contribution in [0.3, 0.4) is 0 Å². The van der Waals surface area contributed by atoms with Crippen molar-refractivity contribution in [3.05, 3.63) is 39.1 Å². The van der Waals surface area contributed by atoms with Gasteiger partial charge in [-0.2, -0.15) is 0 Å². The van der Waals surface area contributed by atoms with E-state index in [2.05, 4.69) is 20.9 Å². The van der Waals surface area contributed by atoms with E-state index in [4.69, 9.17) is 5.73 Å². The molecule has 1 aromatic heterocycles. The number of rotatable bonds is 3. The number of halogens is 2. The zero-order valence-electron chi connectivity index (χ0n) is 9.62. The molecule has 18 heavy (non-hydrogen) atoms. The number of aromatic nitrogens is 1. The van der Waals surface area contributed by atoms with Gasteiger partial charge in [-0.1, -0.05) is 15.9 Å². The molecule has 2 nitrogen and oxygen atoms in total. The van der Waals surface area contributed by atoms with E-state index in [0.717, 1.165) is 20.1 Å². The predicted molar refractivity (Wildman–Crippen MR) is 75.1 cm³/mol. The summed E-state index contributed by atoms with van der Waals surface area (Å²) in [6.07, 6.45) is 2.36. The molecule has 2 N–H and O–H groups in total. The first kappa shape index (κ1) is 12.3.